The predicted octanol–water partition coefficient (Wildman–Crippen LogP) is 0.308. The number of carboxylic acid groups (broad SMARTS) is 1. The highest BCUT2D eigenvalue weighted by molar-refractivity contribution is 5.75. The monoisotopic (exact) mass is 202 g/mol. The van der Waals surface area contributed by atoms with Gasteiger partial charge in [0.15, 0.2) is 0 Å². The molecule has 80 valence electrons. The number of hydrogen-bond acceptors (Lipinski definition) is 4. The van der Waals surface area contributed by atoms with E-state index < -0.39 is 24.0 Å². The molecule has 2 N–H and O–H groups in total. The van der Waals surface area contributed by atoms with Crippen molar-refractivity contribution in [1.82, 2.24) is 0 Å². The van der Waals surface area contributed by atoms with Crippen molar-refractivity contribution in [3.63, 3.8) is 0 Å². The molecule has 5 heteroatoms. The van der Waals surface area contributed by atoms with Crippen molar-refractivity contribution in [2.75, 3.05) is 0 Å². The molecule has 1 aliphatic heterocycles. The number of aliphatic carboxylic acids is 1. The van der Waals surface area contributed by atoms with Gasteiger partial charge in [-0.25, -0.2) is 0 Å². The topological polar surface area (TPSA) is 83.8 Å². The number of rotatable bonds is 3. The number of ether oxygens (including phenoxy) is 1. The van der Waals surface area contributed by atoms with Crippen molar-refractivity contribution in [2.24, 2.45) is 0 Å². The summed E-state index contributed by atoms with van der Waals surface area (Å²) in [6.07, 6.45) is -0.190. The minimum atomic E-state index is -1.43. The molecule has 0 aromatic heterocycles. The Labute approximate surface area is 81.7 Å². The summed E-state index contributed by atoms with van der Waals surface area (Å²) in [6, 6.07) is 0. The standard InChI is InChI=1S/C9H14O5/c1-2-6-3-9(13,4-7(10)11)5-8(12)14-6/h6,13H,2-5H2,1H3,(H,10,11)/t6?,9-/m0/s1. The molecule has 0 amide bonds. The SMILES string of the molecule is CCC1C[C@](O)(CC(=O)O)CC(=O)O1. The Morgan fingerprint density at radius 1 is 1.71 bits per heavy atom. The van der Waals surface area contributed by atoms with E-state index in [9.17, 15) is 14.7 Å². The highest BCUT2D eigenvalue weighted by Crippen LogP contribution is 2.29. The minimum Gasteiger partial charge on any atom is -0.481 e. The van der Waals surface area contributed by atoms with Crippen LogP contribution in [-0.2, 0) is 14.3 Å². The van der Waals surface area contributed by atoms with Gasteiger partial charge in [-0.1, -0.05) is 6.92 Å². The Morgan fingerprint density at radius 3 is 2.86 bits per heavy atom. The van der Waals surface area contributed by atoms with Crippen LogP contribution >= 0.6 is 0 Å². The molecule has 0 aromatic carbocycles. The van der Waals surface area contributed by atoms with Gasteiger partial charge in [0.1, 0.15) is 6.10 Å². The molecule has 1 fully saturated rings. The normalized spacial score (nSPS) is 32.4. The number of carboxylic acids is 1. The maximum absolute atomic E-state index is 11.1. The van der Waals surface area contributed by atoms with E-state index in [2.05, 4.69) is 0 Å². The molecule has 1 unspecified atom stereocenters. The Bertz CT molecular complexity index is 246. The molecule has 1 aliphatic rings. The van der Waals surface area contributed by atoms with Crippen molar-refractivity contribution >= 4 is 11.9 Å². The molecule has 1 saturated heterocycles. The summed E-state index contributed by atoms with van der Waals surface area (Å²) in [6.45, 7) is 1.82. The molecule has 0 aliphatic carbocycles. The lowest BCUT2D eigenvalue weighted by atomic mass is 9.86. The van der Waals surface area contributed by atoms with Crippen LogP contribution in [0, 0.1) is 0 Å². The van der Waals surface area contributed by atoms with E-state index in [1.165, 1.54) is 0 Å². The fourth-order valence-electron chi connectivity index (χ4n) is 1.68. The zero-order chi connectivity index (χ0) is 10.8. The second-order valence-electron chi connectivity index (χ2n) is 3.70. The van der Waals surface area contributed by atoms with Gasteiger partial charge in [-0.15, -0.1) is 0 Å². The number of esters is 1. The van der Waals surface area contributed by atoms with E-state index in [0.717, 1.165) is 0 Å². The lowest BCUT2D eigenvalue weighted by molar-refractivity contribution is -0.173. The average molecular weight is 202 g/mol. The Kier molecular flexibility index (Phi) is 3.10. The molecule has 0 aromatic rings. The van der Waals surface area contributed by atoms with Crippen molar-refractivity contribution in [1.29, 1.82) is 0 Å². The quantitative estimate of drug-likeness (QED) is 0.643. The van der Waals surface area contributed by atoms with E-state index in [0.29, 0.717) is 6.42 Å². The van der Waals surface area contributed by atoms with Crippen LogP contribution in [0.2, 0.25) is 0 Å². The number of aliphatic hydroxyl groups is 1. The third-order valence-corrected chi connectivity index (χ3v) is 2.31. The van der Waals surface area contributed by atoms with Gasteiger partial charge in [0.05, 0.1) is 18.4 Å². The first-order valence-electron chi connectivity index (χ1n) is 4.59. The van der Waals surface area contributed by atoms with Crippen LogP contribution in [0.15, 0.2) is 0 Å². The average Bonchev–Trinajstić information content (AvgIpc) is 1.99. The van der Waals surface area contributed by atoms with Crippen molar-refractivity contribution in [3.05, 3.63) is 0 Å². The van der Waals surface area contributed by atoms with E-state index in [1.807, 2.05) is 6.92 Å². The Balaban J connectivity index is 2.67. The van der Waals surface area contributed by atoms with Gasteiger partial charge in [0.25, 0.3) is 0 Å². The fourth-order valence-corrected chi connectivity index (χ4v) is 1.68. The summed E-state index contributed by atoms with van der Waals surface area (Å²) >= 11 is 0. The van der Waals surface area contributed by atoms with E-state index in [4.69, 9.17) is 9.84 Å². The molecule has 0 radical (unpaired) electrons. The number of carbonyl (C=O) groups is 2. The summed E-state index contributed by atoms with van der Waals surface area (Å²) in [7, 11) is 0. The van der Waals surface area contributed by atoms with Crippen LogP contribution in [0.1, 0.15) is 32.6 Å². The smallest absolute Gasteiger partial charge is 0.309 e. The van der Waals surface area contributed by atoms with Crippen LogP contribution in [0.5, 0.6) is 0 Å². The Morgan fingerprint density at radius 2 is 2.36 bits per heavy atom. The number of cyclic esters (lactones) is 1. The van der Waals surface area contributed by atoms with E-state index in [-0.39, 0.29) is 18.9 Å². The van der Waals surface area contributed by atoms with Crippen molar-refractivity contribution < 1.29 is 24.5 Å². The van der Waals surface area contributed by atoms with Gasteiger partial charge in [-0.05, 0) is 6.42 Å². The van der Waals surface area contributed by atoms with Crippen LogP contribution in [0.25, 0.3) is 0 Å². The zero-order valence-corrected chi connectivity index (χ0v) is 8.02. The van der Waals surface area contributed by atoms with Crippen LogP contribution in [0.4, 0.5) is 0 Å². The molecule has 0 bridgehead atoms. The largest absolute Gasteiger partial charge is 0.481 e. The summed E-state index contributed by atoms with van der Waals surface area (Å²) in [5, 5.41) is 18.4. The third kappa shape index (κ3) is 2.70. The Hall–Kier alpha value is -1.10. The lowest BCUT2D eigenvalue weighted by Gasteiger charge is -2.34. The molecule has 2 atom stereocenters. The van der Waals surface area contributed by atoms with Crippen molar-refractivity contribution in [2.45, 2.75) is 44.3 Å². The van der Waals surface area contributed by atoms with Gasteiger partial charge in [0, 0.05) is 6.42 Å². The van der Waals surface area contributed by atoms with E-state index >= 15 is 0 Å². The van der Waals surface area contributed by atoms with Crippen LogP contribution < -0.4 is 0 Å². The minimum absolute atomic E-state index is 0.210. The van der Waals surface area contributed by atoms with Gasteiger partial charge in [0.2, 0.25) is 0 Å². The van der Waals surface area contributed by atoms with Gasteiger partial charge >= 0.3 is 11.9 Å². The lowest BCUT2D eigenvalue weighted by Crippen LogP contribution is -2.44. The first-order chi connectivity index (χ1) is 6.45. The number of hydrogen-bond donors (Lipinski definition) is 2. The summed E-state index contributed by atoms with van der Waals surface area (Å²) in [5.74, 6) is -1.62. The first-order valence-corrected chi connectivity index (χ1v) is 4.59. The molecule has 1 heterocycles. The maximum Gasteiger partial charge on any atom is 0.309 e. The van der Waals surface area contributed by atoms with Gasteiger partial charge in [-0.2, -0.15) is 0 Å². The summed E-state index contributed by atoms with van der Waals surface area (Å²) in [5.41, 5.74) is -1.43. The predicted molar refractivity (Wildman–Crippen MR) is 46.6 cm³/mol. The van der Waals surface area contributed by atoms with Crippen molar-refractivity contribution in [3.8, 4) is 0 Å². The molecule has 5 nitrogen and oxygen atoms in total. The molecular formula is C9H14O5. The fraction of sp³-hybridized carbons (Fsp3) is 0.778. The second-order valence-corrected chi connectivity index (χ2v) is 3.70. The highest BCUT2D eigenvalue weighted by atomic mass is 16.5. The van der Waals surface area contributed by atoms with Crippen LogP contribution in [-0.4, -0.2) is 33.9 Å². The van der Waals surface area contributed by atoms with Gasteiger partial charge < -0.3 is 14.9 Å². The zero-order valence-electron chi connectivity index (χ0n) is 8.02. The third-order valence-electron chi connectivity index (χ3n) is 2.31. The molecule has 1 rings (SSSR count). The molecule has 0 saturated carbocycles. The van der Waals surface area contributed by atoms with Gasteiger partial charge in [-0.3, -0.25) is 9.59 Å². The van der Waals surface area contributed by atoms with Crippen LogP contribution in [0.3, 0.4) is 0 Å². The highest BCUT2D eigenvalue weighted by Gasteiger charge is 2.40. The number of carbonyl (C=O) groups excluding carboxylic acids is 1. The van der Waals surface area contributed by atoms with E-state index in [1.54, 1.807) is 0 Å². The maximum atomic E-state index is 11.1. The molecule has 0 spiro atoms. The molecule has 14 heavy (non-hydrogen) atoms. The first kappa shape index (κ1) is 11.0. The summed E-state index contributed by atoms with van der Waals surface area (Å²) in [4.78, 5) is 21.5. The summed E-state index contributed by atoms with van der Waals surface area (Å²) < 4.78 is 4.92. The second kappa shape index (κ2) is 3.96. The molecular weight excluding hydrogens is 188 g/mol.